The molecule has 1 N–H and O–H groups in total. The fourth-order valence-corrected chi connectivity index (χ4v) is 2.93. The molecule has 0 aliphatic carbocycles. The van der Waals surface area contributed by atoms with Gasteiger partial charge in [0.1, 0.15) is 21.7 Å². The van der Waals surface area contributed by atoms with Crippen molar-refractivity contribution in [1.82, 2.24) is 19.7 Å². The topological polar surface area (TPSA) is 55.6 Å². The van der Waals surface area contributed by atoms with Crippen LogP contribution in [-0.2, 0) is 13.5 Å². The Morgan fingerprint density at radius 3 is 2.62 bits per heavy atom. The van der Waals surface area contributed by atoms with E-state index in [1.54, 1.807) is 11.8 Å². The lowest BCUT2D eigenvalue weighted by molar-refractivity contribution is 0.691. The van der Waals surface area contributed by atoms with Crippen LogP contribution in [0.2, 0.25) is 0 Å². The summed E-state index contributed by atoms with van der Waals surface area (Å²) in [5.41, 5.74) is 1.02. The molecule has 2 aromatic heterocycles. The average Bonchev–Trinajstić information content (AvgIpc) is 2.75. The van der Waals surface area contributed by atoms with Crippen LogP contribution in [0.25, 0.3) is 0 Å². The molecule has 0 spiro atoms. The summed E-state index contributed by atoms with van der Waals surface area (Å²) in [5, 5.41) is 9.79. The van der Waals surface area contributed by atoms with E-state index in [2.05, 4.69) is 40.3 Å². The largest absolute Gasteiger partial charge is 0.370 e. The summed E-state index contributed by atoms with van der Waals surface area (Å²) in [4.78, 5) is 9.22. The fraction of sp³-hybridized carbons (Fsp3) is 0.533. The minimum absolute atomic E-state index is 0.902. The maximum Gasteiger partial charge on any atom is 0.132 e. The molecule has 0 saturated heterocycles. The third kappa shape index (κ3) is 4.46. The SMILES string of the molecule is CCCNc1cc(Sc2cc(C)nn2C)nc(CCC)n1. The first-order chi connectivity index (χ1) is 10.1. The standard InChI is InChI=1S/C15H23N5S/c1-5-7-12-17-13(16-8-6-2)10-14(18-12)21-15-9-11(3)19-20(15)4/h9-10H,5-8H2,1-4H3,(H,16,17,18). The van der Waals surface area contributed by atoms with Gasteiger partial charge in [0.2, 0.25) is 0 Å². The monoisotopic (exact) mass is 305 g/mol. The van der Waals surface area contributed by atoms with Crippen LogP contribution < -0.4 is 5.32 Å². The first-order valence-corrected chi connectivity index (χ1v) is 8.24. The minimum atomic E-state index is 0.902. The number of nitrogens with zero attached hydrogens (tertiary/aromatic N) is 4. The van der Waals surface area contributed by atoms with E-state index >= 15 is 0 Å². The smallest absolute Gasteiger partial charge is 0.132 e. The van der Waals surface area contributed by atoms with Crippen molar-refractivity contribution in [3.8, 4) is 0 Å². The normalized spacial score (nSPS) is 10.9. The summed E-state index contributed by atoms with van der Waals surface area (Å²) in [6.07, 6.45) is 3.03. The summed E-state index contributed by atoms with van der Waals surface area (Å²) in [6.45, 7) is 7.22. The summed E-state index contributed by atoms with van der Waals surface area (Å²) >= 11 is 1.63. The maximum atomic E-state index is 4.65. The molecule has 2 aromatic rings. The van der Waals surface area contributed by atoms with Crippen LogP contribution >= 0.6 is 11.8 Å². The first kappa shape index (κ1) is 15.8. The van der Waals surface area contributed by atoms with Gasteiger partial charge in [-0.1, -0.05) is 25.6 Å². The molecule has 0 unspecified atom stereocenters. The van der Waals surface area contributed by atoms with Crippen molar-refractivity contribution in [3.63, 3.8) is 0 Å². The molecule has 0 saturated carbocycles. The van der Waals surface area contributed by atoms with Crippen molar-refractivity contribution in [2.24, 2.45) is 7.05 Å². The van der Waals surface area contributed by atoms with Crippen molar-refractivity contribution in [2.45, 2.75) is 50.1 Å². The Kier molecular flexibility index (Phi) is 5.61. The minimum Gasteiger partial charge on any atom is -0.370 e. The number of rotatable bonds is 7. The number of aromatic nitrogens is 4. The van der Waals surface area contributed by atoms with Crippen LogP contribution in [0.15, 0.2) is 22.2 Å². The van der Waals surface area contributed by atoms with E-state index in [9.17, 15) is 0 Å². The maximum absolute atomic E-state index is 4.65. The fourth-order valence-electron chi connectivity index (χ4n) is 1.99. The lowest BCUT2D eigenvalue weighted by Gasteiger charge is -2.09. The zero-order valence-electron chi connectivity index (χ0n) is 13.2. The number of hydrogen-bond acceptors (Lipinski definition) is 5. The predicted octanol–water partition coefficient (Wildman–Crippen LogP) is 3.44. The van der Waals surface area contributed by atoms with E-state index in [1.807, 2.05) is 24.7 Å². The zero-order chi connectivity index (χ0) is 15.2. The molecule has 2 heterocycles. The van der Waals surface area contributed by atoms with E-state index in [-0.39, 0.29) is 0 Å². The highest BCUT2D eigenvalue weighted by Crippen LogP contribution is 2.27. The van der Waals surface area contributed by atoms with Crippen LogP contribution in [0.5, 0.6) is 0 Å². The summed E-state index contributed by atoms with van der Waals surface area (Å²) in [7, 11) is 1.96. The molecule has 2 rings (SSSR count). The van der Waals surface area contributed by atoms with Gasteiger partial charge in [0.25, 0.3) is 0 Å². The summed E-state index contributed by atoms with van der Waals surface area (Å²) in [6, 6.07) is 4.09. The highest BCUT2D eigenvalue weighted by molar-refractivity contribution is 7.99. The van der Waals surface area contributed by atoms with E-state index in [4.69, 9.17) is 0 Å². The first-order valence-electron chi connectivity index (χ1n) is 7.42. The van der Waals surface area contributed by atoms with Gasteiger partial charge in [-0.05, 0) is 25.8 Å². The van der Waals surface area contributed by atoms with E-state index in [1.165, 1.54) is 0 Å². The average molecular weight is 305 g/mol. The van der Waals surface area contributed by atoms with Gasteiger partial charge >= 0.3 is 0 Å². The molecule has 6 heteroatoms. The number of nitrogens with one attached hydrogen (secondary N) is 1. The zero-order valence-corrected chi connectivity index (χ0v) is 14.0. The Labute approximate surface area is 130 Å². The van der Waals surface area contributed by atoms with Gasteiger partial charge in [-0.15, -0.1) is 0 Å². The Balaban J connectivity index is 2.24. The molecule has 5 nitrogen and oxygen atoms in total. The van der Waals surface area contributed by atoms with Crippen molar-refractivity contribution in [2.75, 3.05) is 11.9 Å². The second-order valence-electron chi connectivity index (χ2n) is 5.03. The van der Waals surface area contributed by atoms with Crippen molar-refractivity contribution in [3.05, 3.63) is 23.7 Å². The molecular formula is C15H23N5S. The van der Waals surface area contributed by atoms with Crippen molar-refractivity contribution < 1.29 is 0 Å². The molecule has 0 aliphatic heterocycles. The predicted molar refractivity (Wildman–Crippen MR) is 86.9 cm³/mol. The third-order valence-corrected chi connectivity index (χ3v) is 3.96. The van der Waals surface area contributed by atoms with Crippen LogP contribution in [-0.4, -0.2) is 26.3 Å². The van der Waals surface area contributed by atoms with E-state index in [0.29, 0.717) is 0 Å². The lowest BCUT2D eigenvalue weighted by Crippen LogP contribution is -2.06. The van der Waals surface area contributed by atoms with Crippen molar-refractivity contribution >= 4 is 17.6 Å². The highest BCUT2D eigenvalue weighted by Gasteiger charge is 2.09. The number of aryl methyl sites for hydroxylation is 3. The third-order valence-electron chi connectivity index (χ3n) is 2.95. The second-order valence-corrected chi connectivity index (χ2v) is 6.07. The molecule has 0 radical (unpaired) electrons. The van der Waals surface area contributed by atoms with E-state index < -0.39 is 0 Å². The van der Waals surface area contributed by atoms with Crippen LogP contribution in [0.1, 0.15) is 38.2 Å². The summed E-state index contributed by atoms with van der Waals surface area (Å²) in [5.74, 6) is 1.82. The van der Waals surface area contributed by atoms with Crippen LogP contribution in [0.4, 0.5) is 5.82 Å². The Bertz CT molecular complexity index is 594. The van der Waals surface area contributed by atoms with Gasteiger partial charge in [-0.25, -0.2) is 9.97 Å². The Morgan fingerprint density at radius 1 is 1.19 bits per heavy atom. The quantitative estimate of drug-likeness (QED) is 0.794. The highest BCUT2D eigenvalue weighted by atomic mass is 32.2. The van der Waals surface area contributed by atoms with Gasteiger partial charge in [-0.2, -0.15) is 5.10 Å². The van der Waals surface area contributed by atoms with Gasteiger partial charge in [0.05, 0.1) is 5.69 Å². The van der Waals surface area contributed by atoms with Gasteiger partial charge in [0, 0.05) is 26.1 Å². The Morgan fingerprint density at radius 2 is 2.00 bits per heavy atom. The van der Waals surface area contributed by atoms with Gasteiger partial charge in [-0.3, -0.25) is 4.68 Å². The number of hydrogen-bond donors (Lipinski definition) is 1. The van der Waals surface area contributed by atoms with Gasteiger partial charge < -0.3 is 5.32 Å². The molecule has 0 bridgehead atoms. The molecule has 0 amide bonds. The second kappa shape index (κ2) is 7.45. The van der Waals surface area contributed by atoms with E-state index in [0.717, 1.165) is 53.2 Å². The lowest BCUT2D eigenvalue weighted by atomic mass is 10.3. The molecular weight excluding hydrogens is 282 g/mol. The van der Waals surface area contributed by atoms with Crippen LogP contribution in [0, 0.1) is 6.92 Å². The molecule has 0 aliphatic rings. The molecule has 0 fully saturated rings. The molecule has 21 heavy (non-hydrogen) atoms. The molecule has 0 atom stereocenters. The molecule has 0 aromatic carbocycles. The molecule has 114 valence electrons. The van der Waals surface area contributed by atoms with Crippen LogP contribution in [0.3, 0.4) is 0 Å². The Hall–Kier alpha value is -1.56. The van der Waals surface area contributed by atoms with Crippen molar-refractivity contribution in [1.29, 1.82) is 0 Å². The van der Waals surface area contributed by atoms with Gasteiger partial charge in [0.15, 0.2) is 0 Å². The number of anilines is 1. The summed E-state index contributed by atoms with van der Waals surface area (Å²) < 4.78 is 1.89.